The van der Waals surface area contributed by atoms with Crippen LogP contribution in [0.1, 0.15) is 11.1 Å². The van der Waals surface area contributed by atoms with E-state index in [4.69, 9.17) is 9.97 Å². The molecule has 0 aliphatic rings. The van der Waals surface area contributed by atoms with E-state index in [9.17, 15) is 10.5 Å². The molecule has 6 nitrogen and oxygen atoms in total. The summed E-state index contributed by atoms with van der Waals surface area (Å²) in [5.74, 6) is 0.642. The van der Waals surface area contributed by atoms with Crippen LogP contribution in [0.3, 0.4) is 0 Å². The SMILES string of the molecule is N#Cc1ccc(-c2ccc3c(c2)c2ccccc2n3-c2cccc(-c3cc(-c4ccccc4)nc(-c4ccccc4)n3)c2-c2ccccc2-n2c3ccccc3c3ccccc32)c(C#N)c1. The van der Waals surface area contributed by atoms with Gasteiger partial charge in [-0.2, -0.15) is 10.5 Å². The molecule has 306 valence electrons. The lowest BCUT2D eigenvalue weighted by Crippen LogP contribution is -2.04. The smallest absolute Gasteiger partial charge is 0.160 e. The number of para-hydroxylation sites is 4. The Morgan fingerprint density at radius 1 is 0.348 bits per heavy atom. The maximum atomic E-state index is 10.2. The van der Waals surface area contributed by atoms with E-state index in [-0.39, 0.29) is 0 Å². The molecule has 0 atom stereocenters. The molecule has 66 heavy (non-hydrogen) atoms. The second-order valence-electron chi connectivity index (χ2n) is 16.3. The van der Waals surface area contributed by atoms with Gasteiger partial charge in [-0.1, -0.05) is 158 Å². The first-order chi connectivity index (χ1) is 32.7. The Morgan fingerprint density at radius 2 is 0.894 bits per heavy atom. The second kappa shape index (κ2) is 15.8. The van der Waals surface area contributed by atoms with E-state index in [1.807, 2.05) is 42.5 Å². The molecule has 0 aliphatic heterocycles. The largest absolute Gasteiger partial charge is 0.309 e. The fourth-order valence-electron chi connectivity index (χ4n) is 9.70. The summed E-state index contributed by atoms with van der Waals surface area (Å²) in [6.45, 7) is 0. The first-order valence-corrected chi connectivity index (χ1v) is 21.9. The Balaban J connectivity index is 1.19. The van der Waals surface area contributed by atoms with E-state index in [0.29, 0.717) is 17.0 Å². The molecule has 0 saturated heterocycles. The molecule has 0 fully saturated rings. The van der Waals surface area contributed by atoms with Gasteiger partial charge >= 0.3 is 0 Å². The quantitative estimate of drug-likeness (QED) is 0.160. The lowest BCUT2D eigenvalue weighted by Gasteiger charge is -2.22. The number of hydrogen-bond donors (Lipinski definition) is 0. The van der Waals surface area contributed by atoms with E-state index >= 15 is 0 Å². The maximum Gasteiger partial charge on any atom is 0.160 e. The van der Waals surface area contributed by atoms with E-state index in [1.54, 1.807) is 12.1 Å². The van der Waals surface area contributed by atoms with Crippen molar-refractivity contribution in [3.63, 3.8) is 0 Å². The zero-order chi connectivity index (χ0) is 44.1. The lowest BCUT2D eigenvalue weighted by atomic mass is 9.93. The van der Waals surface area contributed by atoms with Gasteiger partial charge in [-0.05, 0) is 71.8 Å². The van der Waals surface area contributed by atoms with Gasteiger partial charge in [0.25, 0.3) is 0 Å². The zero-order valence-corrected chi connectivity index (χ0v) is 35.5. The van der Waals surface area contributed by atoms with Crippen LogP contribution in [0.4, 0.5) is 0 Å². The van der Waals surface area contributed by atoms with Crippen molar-refractivity contribution >= 4 is 43.6 Å². The second-order valence-corrected chi connectivity index (χ2v) is 16.3. The summed E-state index contributed by atoms with van der Waals surface area (Å²) in [6, 6.07) is 79.9. The van der Waals surface area contributed by atoms with Crippen LogP contribution in [-0.4, -0.2) is 19.1 Å². The summed E-state index contributed by atoms with van der Waals surface area (Å²) in [5.41, 5.74) is 15.5. The minimum atomic E-state index is 0.456. The summed E-state index contributed by atoms with van der Waals surface area (Å²) in [6.07, 6.45) is 0. The summed E-state index contributed by atoms with van der Waals surface area (Å²) in [5, 5.41) is 24.3. The molecular formula is C60H36N6. The summed E-state index contributed by atoms with van der Waals surface area (Å²) >= 11 is 0. The Morgan fingerprint density at radius 3 is 1.58 bits per heavy atom. The van der Waals surface area contributed by atoms with Crippen LogP contribution in [0.15, 0.2) is 218 Å². The predicted molar refractivity (Wildman–Crippen MR) is 267 cm³/mol. The molecule has 0 spiro atoms. The van der Waals surface area contributed by atoms with Gasteiger partial charge in [0.05, 0.1) is 68.1 Å². The van der Waals surface area contributed by atoms with Crippen molar-refractivity contribution in [1.29, 1.82) is 10.5 Å². The Hall–Kier alpha value is -9.36. The molecule has 0 amide bonds. The zero-order valence-electron chi connectivity index (χ0n) is 35.5. The molecule has 3 heterocycles. The summed E-state index contributed by atoms with van der Waals surface area (Å²) in [7, 11) is 0. The van der Waals surface area contributed by atoms with Gasteiger partial charge in [-0.3, -0.25) is 0 Å². The van der Waals surface area contributed by atoms with E-state index in [0.717, 1.165) is 94.5 Å². The van der Waals surface area contributed by atoms with Crippen molar-refractivity contribution in [2.75, 3.05) is 0 Å². The minimum Gasteiger partial charge on any atom is -0.309 e. The highest BCUT2D eigenvalue weighted by Crippen LogP contribution is 2.45. The molecule has 0 unspecified atom stereocenters. The van der Waals surface area contributed by atoms with Crippen LogP contribution in [0, 0.1) is 22.7 Å². The van der Waals surface area contributed by atoms with Gasteiger partial charge in [0, 0.05) is 49.4 Å². The molecule has 0 radical (unpaired) electrons. The third kappa shape index (κ3) is 6.25. The molecule has 0 saturated carbocycles. The molecule has 0 bridgehead atoms. The fraction of sp³-hybridized carbons (Fsp3) is 0. The van der Waals surface area contributed by atoms with Crippen LogP contribution < -0.4 is 0 Å². The molecular weight excluding hydrogens is 805 g/mol. The Labute approximate surface area is 380 Å². The number of nitrogens with zero attached hydrogens (tertiary/aromatic N) is 6. The van der Waals surface area contributed by atoms with Crippen molar-refractivity contribution in [1.82, 2.24) is 19.1 Å². The first kappa shape index (κ1) is 38.3. The van der Waals surface area contributed by atoms with Crippen molar-refractivity contribution in [3.05, 3.63) is 230 Å². The molecule has 9 aromatic carbocycles. The molecule has 0 N–H and O–H groups in total. The van der Waals surface area contributed by atoms with Crippen molar-refractivity contribution < 1.29 is 0 Å². The van der Waals surface area contributed by atoms with Gasteiger partial charge in [-0.15, -0.1) is 0 Å². The van der Waals surface area contributed by atoms with Crippen molar-refractivity contribution in [2.45, 2.75) is 0 Å². The first-order valence-electron chi connectivity index (χ1n) is 21.9. The van der Waals surface area contributed by atoms with E-state index in [2.05, 4.69) is 185 Å². The third-order valence-electron chi connectivity index (χ3n) is 12.6. The molecule has 0 aliphatic carbocycles. The van der Waals surface area contributed by atoms with Crippen LogP contribution in [0.5, 0.6) is 0 Å². The van der Waals surface area contributed by atoms with Crippen LogP contribution in [0.25, 0.3) is 111 Å². The van der Waals surface area contributed by atoms with Crippen LogP contribution in [-0.2, 0) is 0 Å². The Kier molecular flexibility index (Phi) is 9.16. The summed E-state index contributed by atoms with van der Waals surface area (Å²) < 4.78 is 4.77. The predicted octanol–water partition coefficient (Wildman–Crippen LogP) is 14.7. The van der Waals surface area contributed by atoms with Crippen molar-refractivity contribution in [3.8, 4) is 79.7 Å². The lowest BCUT2D eigenvalue weighted by molar-refractivity contribution is 1.15. The third-order valence-corrected chi connectivity index (χ3v) is 12.6. The highest BCUT2D eigenvalue weighted by Gasteiger charge is 2.24. The number of nitriles is 2. The summed E-state index contributed by atoms with van der Waals surface area (Å²) in [4.78, 5) is 10.6. The molecule has 12 rings (SSSR count). The average Bonchev–Trinajstić information content (AvgIpc) is 3.91. The van der Waals surface area contributed by atoms with E-state index in [1.165, 1.54) is 10.8 Å². The highest BCUT2D eigenvalue weighted by molar-refractivity contribution is 6.13. The number of benzene rings is 9. The van der Waals surface area contributed by atoms with Crippen LogP contribution >= 0.6 is 0 Å². The maximum absolute atomic E-state index is 10.2. The fourth-order valence-corrected chi connectivity index (χ4v) is 9.70. The molecule has 12 aromatic rings. The van der Waals surface area contributed by atoms with E-state index < -0.39 is 0 Å². The molecule has 3 aromatic heterocycles. The van der Waals surface area contributed by atoms with Gasteiger partial charge in [0.1, 0.15) is 0 Å². The van der Waals surface area contributed by atoms with Gasteiger partial charge in [0.2, 0.25) is 0 Å². The number of hydrogen-bond acceptors (Lipinski definition) is 4. The highest BCUT2D eigenvalue weighted by atomic mass is 15.0. The number of rotatable bonds is 7. The monoisotopic (exact) mass is 840 g/mol. The molecule has 6 heteroatoms. The van der Waals surface area contributed by atoms with Crippen molar-refractivity contribution in [2.24, 2.45) is 0 Å². The standard InChI is InChI=1S/C60H36N6/c61-37-39-30-32-44(43(34-39)38-62)42-31-33-57-50(35-42)47-22-9-13-27-55(47)66(57)58-29-15-24-48(52-36-51(40-16-3-1-4-17-40)63-60(64-52)41-18-5-2-6-19-41)59(58)49-23-10-14-28-56(49)65-53-25-11-7-20-45(53)46-21-8-12-26-54(46)65/h1-36H. The van der Waals surface area contributed by atoms with Gasteiger partial charge in [-0.25, -0.2) is 9.97 Å². The number of fused-ring (bicyclic) bond motifs is 6. The van der Waals surface area contributed by atoms with Gasteiger partial charge < -0.3 is 9.13 Å². The normalized spacial score (nSPS) is 11.3. The number of aromatic nitrogens is 4. The van der Waals surface area contributed by atoms with Gasteiger partial charge in [0.15, 0.2) is 5.82 Å². The Bertz CT molecular complexity index is 3850. The topological polar surface area (TPSA) is 83.2 Å². The minimum absolute atomic E-state index is 0.456. The average molecular weight is 841 g/mol. The van der Waals surface area contributed by atoms with Crippen LogP contribution in [0.2, 0.25) is 0 Å².